The van der Waals surface area contributed by atoms with Gasteiger partial charge in [0.1, 0.15) is 5.78 Å². The molecule has 22 heavy (non-hydrogen) atoms. The standard InChI is InChI=1S/C16H23Cl2NOS2/c1-19(2)9-11-22-21-10-8-14(20)5-3-4-13-6-7-15(17)16(18)12-13/h6-7,12H,3-5,8-11H2,1-2H3. The molecule has 0 saturated heterocycles. The average Bonchev–Trinajstić information content (AvgIpc) is 2.46. The van der Waals surface area contributed by atoms with Crippen LogP contribution in [0.3, 0.4) is 0 Å². The molecule has 0 bridgehead atoms. The molecule has 0 aromatic heterocycles. The largest absolute Gasteiger partial charge is 0.309 e. The maximum absolute atomic E-state index is 11.8. The first-order valence-electron chi connectivity index (χ1n) is 7.34. The van der Waals surface area contributed by atoms with Crippen molar-refractivity contribution in [2.75, 3.05) is 32.1 Å². The zero-order valence-electron chi connectivity index (χ0n) is 13.1. The normalized spacial score (nSPS) is 11.1. The first-order chi connectivity index (χ1) is 10.5. The summed E-state index contributed by atoms with van der Waals surface area (Å²) < 4.78 is 0. The quantitative estimate of drug-likeness (QED) is 0.387. The van der Waals surface area contributed by atoms with Gasteiger partial charge in [-0.3, -0.25) is 4.79 Å². The van der Waals surface area contributed by atoms with Crippen LogP contribution in [0.1, 0.15) is 24.8 Å². The molecule has 0 aliphatic rings. The summed E-state index contributed by atoms with van der Waals surface area (Å²) >= 11 is 11.9. The molecule has 1 rings (SSSR count). The number of aryl methyl sites for hydroxylation is 1. The van der Waals surface area contributed by atoms with Crippen LogP contribution in [0.4, 0.5) is 0 Å². The predicted octanol–water partition coefficient (Wildman–Crippen LogP) is 5.22. The van der Waals surface area contributed by atoms with Gasteiger partial charge in [-0.1, -0.05) is 50.9 Å². The summed E-state index contributed by atoms with van der Waals surface area (Å²) in [6, 6.07) is 5.66. The minimum absolute atomic E-state index is 0.348. The molecule has 0 atom stereocenters. The number of benzene rings is 1. The van der Waals surface area contributed by atoms with Crippen LogP contribution in [0.15, 0.2) is 18.2 Å². The lowest BCUT2D eigenvalue weighted by Gasteiger charge is -2.07. The Bertz CT molecular complexity index is 469. The van der Waals surface area contributed by atoms with E-state index in [1.54, 1.807) is 10.8 Å². The second kappa shape index (κ2) is 11.6. The van der Waals surface area contributed by atoms with Crippen LogP contribution < -0.4 is 0 Å². The van der Waals surface area contributed by atoms with Crippen LogP contribution in [0.25, 0.3) is 0 Å². The lowest BCUT2D eigenvalue weighted by atomic mass is 10.1. The van der Waals surface area contributed by atoms with Crippen molar-refractivity contribution in [2.24, 2.45) is 0 Å². The average molecular weight is 380 g/mol. The lowest BCUT2D eigenvalue weighted by molar-refractivity contribution is -0.118. The zero-order valence-corrected chi connectivity index (χ0v) is 16.3. The fourth-order valence-electron chi connectivity index (χ4n) is 1.80. The molecule has 0 radical (unpaired) electrons. The Morgan fingerprint density at radius 2 is 1.82 bits per heavy atom. The van der Waals surface area contributed by atoms with Gasteiger partial charge in [0.15, 0.2) is 0 Å². The van der Waals surface area contributed by atoms with Gasteiger partial charge in [0.05, 0.1) is 10.0 Å². The van der Waals surface area contributed by atoms with Gasteiger partial charge in [0.2, 0.25) is 0 Å². The lowest BCUT2D eigenvalue weighted by Crippen LogP contribution is -2.14. The summed E-state index contributed by atoms with van der Waals surface area (Å²) in [4.78, 5) is 14.0. The van der Waals surface area contributed by atoms with Crippen molar-refractivity contribution >= 4 is 50.6 Å². The number of hydrogen-bond acceptors (Lipinski definition) is 4. The van der Waals surface area contributed by atoms with Gasteiger partial charge in [0, 0.05) is 30.9 Å². The van der Waals surface area contributed by atoms with Crippen molar-refractivity contribution in [1.82, 2.24) is 4.90 Å². The Balaban J connectivity index is 2.07. The summed E-state index contributed by atoms with van der Waals surface area (Å²) in [7, 11) is 7.78. The number of hydrogen-bond donors (Lipinski definition) is 0. The number of carbonyl (C=O) groups is 1. The summed E-state index contributed by atoms with van der Waals surface area (Å²) in [5.41, 5.74) is 1.14. The summed E-state index contributed by atoms with van der Waals surface area (Å²) in [6.45, 7) is 1.08. The number of halogens is 2. The van der Waals surface area contributed by atoms with E-state index in [1.165, 1.54) is 0 Å². The van der Waals surface area contributed by atoms with Crippen LogP contribution in [0.5, 0.6) is 0 Å². The van der Waals surface area contributed by atoms with E-state index in [0.29, 0.717) is 28.7 Å². The zero-order chi connectivity index (χ0) is 16.4. The molecule has 2 nitrogen and oxygen atoms in total. The smallest absolute Gasteiger partial charge is 0.133 e. The van der Waals surface area contributed by atoms with Gasteiger partial charge in [-0.2, -0.15) is 0 Å². The molecular weight excluding hydrogens is 357 g/mol. The first kappa shape index (κ1) is 20.2. The molecule has 0 heterocycles. The third-order valence-corrected chi connectivity index (χ3v) is 6.20. The van der Waals surface area contributed by atoms with Gasteiger partial charge in [-0.25, -0.2) is 0 Å². The fourth-order valence-corrected chi connectivity index (χ4v) is 4.29. The number of Topliss-reactive ketones (excluding diaryl/α,β-unsaturated/α-hetero) is 1. The molecule has 6 heteroatoms. The van der Waals surface area contributed by atoms with Crippen LogP contribution in [0, 0.1) is 0 Å². The maximum Gasteiger partial charge on any atom is 0.133 e. The van der Waals surface area contributed by atoms with E-state index in [2.05, 4.69) is 19.0 Å². The Kier molecular flexibility index (Phi) is 10.7. The highest BCUT2D eigenvalue weighted by molar-refractivity contribution is 8.76. The third-order valence-electron chi connectivity index (χ3n) is 3.07. The van der Waals surface area contributed by atoms with E-state index >= 15 is 0 Å². The molecule has 0 amide bonds. The first-order valence-corrected chi connectivity index (χ1v) is 10.6. The molecule has 1 aromatic rings. The number of rotatable bonds is 11. The van der Waals surface area contributed by atoms with Crippen LogP contribution in [0.2, 0.25) is 10.0 Å². The number of ketones is 1. The third kappa shape index (κ3) is 9.31. The predicted molar refractivity (Wildman–Crippen MR) is 102 cm³/mol. The van der Waals surface area contributed by atoms with Crippen molar-refractivity contribution in [2.45, 2.75) is 25.7 Å². The Morgan fingerprint density at radius 1 is 1.09 bits per heavy atom. The Morgan fingerprint density at radius 3 is 2.50 bits per heavy atom. The number of carbonyl (C=O) groups excluding carboxylic acids is 1. The molecular formula is C16H23Cl2NOS2. The molecule has 1 aromatic carbocycles. The second-order valence-electron chi connectivity index (χ2n) is 5.34. The number of nitrogens with zero attached hydrogens (tertiary/aromatic N) is 1. The summed E-state index contributed by atoms with van der Waals surface area (Å²) in [5, 5.41) is 1.15. The van der Waals surface area contributed by atoms with E-state index in [-0.39, 0.29) is 0 Å². The van der Waals surface area contributed by atoms with Gasteiger partial charge in [-0.05, 0) is 44.6 Å². The molecule has 0 N–H and O–H groups in total. The topological polar surface area (TPSA) is 20.3 Å². The molecule has 0 aliphatic heterocycles. The van der Waals surface area contributed by atoms with Gasteiger partial charge < -0.3 is 4.90 Å². The molecule has 0 unspecified atom stereocenters. The van der Waals surface area contributed by atoms with E-state index in [9.17, 15) is 4.79 Å². The highest BCUT2D eigenvalue weighted by Gasteiger charge is 2.04. The van der Waals surface area contributed by atoms with E-state index in [4.69, 9.17) is 23.2 Å². The SMILES string of the molecule is CN(C)CCSSCCC(=O)CCCc1ccc(Cl)c(Cl)c1. The second-order valence-corrected chi connectivity index (χ2v) is 8.85. The van der Waals surface area contributed by atoms with E-state index in [0.717, 1.165) is 36.5 Å². The molecule has 124 valence electrons. The van der Waals surface area contributed by atoms with Crippen molar-refractivity contribution < 1.29 is 4.79 Å². The monoisotopic (exact) mass is 379 g/mol. The highest BCUT2D eigenvalue weighted by Crippen LogP contribution is 2.24. The Labute approximate surface area is 151 Å². The molecule has 0 saturated carbocycles. The van der Waals surface area contributed by atoms with E-state index in [1.807, 2.05) is 29.0 Å². The summed E-state index contributed by atoms with van der Waals surface area (Å²) in [6.07, 6.45) is 3.05. The summed E-state index contributed by atoms with van der Waals surface area (Å²) in [5.74, 6) is 2.35. The molecule has 0 fully saturated rings. The van der Waals surface area contributed by atoms with Crippen LogP contribution >= 0.6 is 44.8 Å². The van der Waals surface area contributed by atoms with Gasteiger partial charge >= 0.3 is 0 Å². The highest BCUT2D eigenvalue weighted by atomic mass is 35.5. The van der Waals surface area contributed by atoms with Gasteiger partial charge in [-0.15, -0.1) is 0 Å². The van der Waals surface area contributed by atoms with E-state index < -0.39 is 0 Å². The van der Waals surface area contributed by atoms with Crippen molar-refractivity contribution in [3.8, 4) is 0 Å². The van der Waals surface area contributed by atoms with Crippen LogP contribution in [-0.2, 0) is 11.2 Å². The molecule has 0 spiro atoms. The minimum atomic E-state index is 0.348. The van der Waals surface area contributed by atoms with Crippen molar-refractivity contribution in [1.29, 1.82) is 0 Å². The molecule has 0 aliphatic carbocycles. The van der Waals surface area contributed by atoms with Crippen molar-refractivity contribution in [3.05, 3.63) is 33.8 Å². The fraction of sp³-hybridized carbons (Fsp3) is 0.562. The van der Waals surface area contributed by atoms with Gasteiger partial charge in [0.25, 0.3) is 0 Å². The Hall–Kier alpha value is 0.130. The van der Waals surface area contributed by atoms with Crippen LogP contribution in [-0.4, -0.2) is 42.8 Å². The minimum Gasteiger partial charge on any atom is -0.309 e. The van der Waals surface area contributed by atoms with Crippen molar-refractivity contribution in [3.63, 3.8) is 0 Å². The maximum atomic E-state index is 11.8.